The molecule has 9 nitrogen and oxygen atoms in total. The van der Waals surface area contributed by atoms with E-state index in [1.807, 2.05) is 19.9 Å². The van der Waals surface area contributed by atoms with Crippen molar-refractivity contribution in [3.05, 3.63) is 77.4 Å². The van der Waals surface area contributed by atoms with Crippen molar-refractivity contribution in [2.45, 2.75) is 20.8 Å². The van der Waals surface area contributed by atoms with Gasteiger partial charge in [-0.3, -0.25) is 4.79 Å². The van der Waals surface area contributed by atoms with Gasteiger partial charge >= 0.3 is 0 Å². The molecule has 174 valence electrons. The van der Waals surface area contributed by atoms with Crippen LogP contribution in [0.15, 0.2) is 54.6 Å². The number of carbonyl (C=O) groups is 1. The molecule has 0 fully saturated rings. The average Bonchev–Trinajstić information content (AvgIpc) is 3.17. The summed E-state index contributed by atoms with van der Waals surface area (Å²) in [7, 11) is 3.07. The van der Waals surface area contributed by atoms with Crippen molar-refractivity contribution >= 4 is 11.6 Å². The Morgan fingerprint density at radius 1 is 0.853 bits per heavy atom. The SMILES string of the molecule is COc1cc(OC)cc(C(=O)Nc2ccc(Oc3cc(-n4nc(C)cc4C)nc(C)n3)cc2)c1. The van der Waals surface area contributed by atoms with Gasteiger partial charge in [-0.25, -0.2) is 9.67 Å². The molecule has 34 heavy (non-hydrogen) atoms. The van der Waals surface area contributed by atoms with Gasteiger partial charge in [-0.15, -0.1) is 0 Å². The molecule has 9 heteroatoms. The normalized spacial score (nSPS) is 10.6. The Kier molecular flexibility index (Phi) is 6.44. The molecule has 2 heterocycles. The molecular formula is C25H25N5O4. The van der Waals surface area contributed by atoms with Crippen LogP contribution >= 0.6 is 0 Å². The van der Waals surface area contributed by atoms with Crippen LogP contribution in [-0.4, -0.2) is 39.9 Å². The molecule has 0 radical (unpaired) electrons. The van der Waals surface area contributed by atoms with E-state index >= 15 is 0 Å². The monoisotopic (exact) mass is 459 g/mol. The second kappa shape index (κ2) is 9.62. The van der Waals surface area contributed by atoms with Crippen molar-refractivity contribution in [1.82, 2.24) is 19.7 Å². The Balaban J connectivity index is 1.48. The number of anilines is 1. The zero-order valence-corrected chi connectivity index (χ0v) is 19.6. The molecule has 1 amide bonds. The van der Waals surface area contributed by atoms with E-state index in [9.17, 15) is 4.79 Å². The number of aromatic nitrogens is 4. The topological polar surface area (TPSA) is 100 Å². The molecule has 0 unspecified atom stereocenters. The summed E-state index contributed by atoms with van der Waals surface area (Å²) in [4.78, 5) is 21.5. The largest absolute Gasteiger partial charge is 0.497 e. The van der Waals surface area contributed by atoms with E-state index in [2.05, 4.69) is 20.4 Å². The number of aryl methyl sites for hydroxylation is 3. The predicted octanol–water partition coefficient (Wildman–Crippen LogP) is 4.65. The summed E-state index contributed by atoms with van der Waals surface area (Å²) < 4.78 is 18.1. The number of nitrogens with one attached hydrogen (secondary N) is 1. The summed E-state index contributed by atoms with van der Waals surface area (Å²) in [6, 6.07) is 15.7. The number of carbonyl (C=O) groups excluding carboxylic acids is 1. The van der Waals surface area contributed by atoms with Crippen LogP contribution in [0.2, 0.25) is 0 Å². The first-order valence-electron chi connectivity index (χ1n) is 10.6. The van der Waals surface area contributed by atoms with Crippen LogP contribution in [0.3, 0.4) is 0 Å². The van der Waals surface area contributed by atoms with Crippen molar-refractivity contribution in [2.24, 2.45) is 0 Å². The summed E-state index contributed by atoms with van der Waals surface area (Å²) >= 11 is 0. The standard InChI is InChI=1S/C25H25N5O4/c1-15-10-16(2)30(29-15)23-14-24(27-17(3)26-23)34-20-8-6-19(7-9-20)28-25(31)18-11-21(32-4)13-22(12-18)33-5/h6-14H,1-5H3,(H,28,31). The lowest BCUT2D eigenvalue weighted by Crippen LogP contribution is -2.12. The van der Waals surface area contributed by atoms with Crippen molar-refractivity contribution in [3.8, 4) is 28.9 Å². The number of rotatable bonds is 7. The van der Waals surface area contributed by atoms with Crippen LogP contribution in [0.1, 0.15) is 27.6 Å². The minimum Gasteiger partial charge on any atom is -0.497 e. The predicted molar refractivity (Wildman–Crippen MR) is 127 cm³/mol. The fraction of sp³-hybridized carbons (Fsp3) is 0.200. The van der Waals surface area contributed by atoms with Crippen molar-refractivity contribution in [2.75, 3.05) is 19.5 Å². The van der Waals surface area contributed by atoms with E-state index in [1.165, 1.54) is 14.2 Å². The lowest BCUT2D eigenvalue weighted by molar-refractivity contribution is 0.102. The van der Waals surface area contributed by atoms with E-state index in [0.717, 1.165) is 11.4 Å². The minimum absolute atomic E-state index is 0.285. The van der Waals surface area contributed by atoms with Crippen LogP contribution in [-0.2, 0) is 0 Å². The maximum absolute atomic E-state index is 12.7. The third kappa shape index (κ3) is 5.15. The Morgan fingerprint density at radius 2 is 1.53 bits per heavy atom. The first-order chi connectivity index (χ1) is 16.3. The van der Waals surface area contributed by atoms with Crippen LogP contribution in [0, 0.1) is 20.8 Å². The minimum atomic E-state index is -0.285. The molecule has 0 aliphatic rings. The fourth-order valence-corrected chi connectivity index (χ4v) is 3.42. The lowest BCUT2D eigenvalue weighted by atomic mass is 10.1. The Hall–Kier alpha value is -4.40. The number of nitrogens with zero attached hydrogens (tertiary/aromatic N) is 4. The first kappa shape index (κ1) is 22.8. The lowest BCUT2D eigenvalue weighted by Gasteiger charge is -2.11. The smallest absolute Gasteiger partial charge is 0.255 e. The maximum Gasteiger partial charge on any atom is 0.255 e. The van der Waals surface area contributed by atoms with E-state index in [0.29, 0.717) is 46.0 Å². The van der Waals surface area contributed by atoms with Gasteiger partial charge in [0.05, 0.1) is 19.9 Å². The number of hydrogen-bond donors (Lipinski definition) is 1. The van der Waals surface area contributed by atoms with Crippen LogP contribution in [0.5, 0.6) is 23.1 Å². The highest BCUT2D eigenvalue weighted by Crippen LogP contribution is 2.25. The van der Waals surface area contributed by atoms with Gasteiger partial charge < -0.3 is 19.5 Å². The second-order valence-corrected chi connectivity index (χ2v) is 7.63. The van der Waals surface area contributed by atoms with Crippen molar-refractivity contribution < 1.29 is 19.0 Å². The zero-order valence-electron chi connectivity index (χ0n) is 19.6. The third-order valence-electron chi connectivity index (χ3n) is 4.98. The maximum atomic E-state index is 12.7. The van der Waals surface area contributed by atoms with Gasteiger partial charge in [0.1, 0.15) is 23.1 Å². The summed E-state index contributed by atoms with van der Waals surface area (Å²) in [5.41, 5.74) is 2.91. The van der Waals surface area contributed by atoms with Gasteiger partial charge in [0.2, 0.25) is 5.88 Å². The summed E-state index contributed by atoms with van der Waals surface area (Å²) in [6.45, 7) is 5.70. The third-order valence-corrected chi connectivity index (χ3v) is 4.98. The summed E-state index contributed by atoms with van der Waals surface area (Å²) in [5, 5.41) is 7.33. The molecule has 2 aromatic heterocycles. The molecule has 4 rings (SSSR count). The molecule has 1 N–H and O–H groups in total. The highest BCUT2D eigenvalue weighted by Gasteiger charge is 2.12. The summed E-state index contributed by atoms with van der Waals surface area (Å²) in [5.74, 6) is 2.95. The van der Waals surface area contributed by atoms with Gasteiger partial charge in [-0.1, -0.05) is 0 Å². The van der Waals surface area contributed by atoms with Crippen LogP contribution < -0.4 is 19.5 Å². The Labute approximate surface area is 197 Å². The molecular weight excluding hydrogens is 434 g/mol. The molecule has 0 aliphatic heterocycles. The van der Waals surface area contributed by atoms with E-state index in [4.69, 9.17) is 14.2 Å². The molecule has 0 saturated carbocycles. The van der Waals surface area contributed by atoms with E-state index < -0.39 is 0 Å². The molecule has 2 aromatic carbocycles. The fourth-order valence-electron chi connectivity index (χ4n) is 3.42. The zero-order chi connectivity index (χ0) is 24.2. The molecule has 0 atom stereocenters. The van der Waals surface area contributed by atoms with Gasteiger partial charge in [0.25, 0.3) is 5.91 Å². The van der Waals surface area contributed by atoms with Crippen LogP contribution in [0.4, 0.5) is 5.69 Å². The molecule has 0 saturated heterocycles. The highest BCUT2D eigenvalue weighted by atomic mass is 16.5. The molecule has 0 bridgehead atoms. The Bertz CT molecular complexity index is 1310. The van der Waals surface area contributed by atoms with E-state index in [1.54, 1.807) is 60.1 Å². The number of amides is 1. The summed E-state index contributed by atoms with van der Waals surface area (Å²) in [6.07, 6.45) is 0. The second-order valence-electron chi connectivity index (χ2n) is 7.63. The number of benzene rings is 2. The van der Waals surface area contributed by atoms with Gasteiger partial charge in [-0.2, -0.15) is 10.1 Å². The number of methoxy groups -OCH3 is 2. The van der Waals surface area contributed by atoms with Gasteiger partial charge in [0.15, 0.2) is 5.82 Å². The number of hydrogen-bond acceptors (Lipinski definition) is 7. The van der Waals surface area contributed by atoms with Crippen LogP contribution in [0.25, 0.3) is 5.82 Å². The quantitative estimate of drug-likeness (QED) is 0.429. The Morgan fingerprint density at radius 3 is 2.12 bits per heavy atom. The number of ether oxygens (including phenoxy) is 3. The van der Waals surface area contributed by atoms with Gasteiger partial charge in [-0.05, 0) is 63.2 Å². The van der Waals surface area contributed by atoms with E-state index in [-0.39, 0.29) is 5.91 Å². The first-order valence-corrected chi connectivity index (χ1v) is 10.6. The molecule has 4 aromatic rings. The van der Waals surface area contributed by atoms with Crippen molar-refractivity contribution in [3.63, 3.8) is 0 Å². The highest BCUT2D eigenvalue weighted by molar-refractivity contribution is 6.04. The van der Waals surface area contributed by atoms with Crippen molar-refractivity contribution in [1.29, 1.82) is 0 Å². The molecule has 0 spiro atoms. The average molecular weight is 460 g/mol. The molecule has 0 aliphatic carbocycles. The van der Waals surface area contributed by atoms with Gasteiger partial charge in [0, 0.05) is 29.1 Å².